The SMILES string of the molecule is C=C(C)C(N)CSc1ccccc1Cl. The average Bonchev–Trinajstić information content (AvgIpc) is 2.16. The van der Waals surface area contributed by atoms with Crippen LogP contribution in [0.4, 0.5) is 0 Å². The van der Waals surface area contributed by atoms with E-state index < -0.39 is 0 Å². The Hall–Kier alpha value is -0.440. The summed E-state index contributed by atoms with van der Waals surface area (Å²) in [6, 6.07) is 7.82. The first-order chi connectivity index (χ1) is 6.61. The van der Waals surface area contributed by atoms with Gasteiger partial charge in [-0.2, -0.15) is 0 Å². The van der Waals surface area contributed by atoms with E-state index in [0.717, 1.165) is 21.2 Å². The Morgan fingerprint density at radius 1 is 1.57 bits per heavy atom. The molecule has 0 radical (unpaired) electrons. The molecule has 0 aliphatic rings. The summed E-state index contributed by atoms with van der Waals surface area (Å²) >= 11 is 7.67. The first-order valence-electron chi connectivity index (χ1n) is 4.39. The van der Waals surface area contributed by atoms with Crippen molar-refractivity contribution < 1.29 is 0 Å². The van der Waals surface area contributed by atoms with Crippen LogP contribution in [0.2, 0.25) is 5.02 Å². The lowest BCUT2D eigenvalue weighted by Crippen LogP contribution is -2.23. The summed E-state index contributed by atoms with van der Waals surface area (Å²) in [5.41, 5.74) is 6.86. The summed E-state index contributed by atoms with van der Waals surface area (Å²) in [6.07, 6.45) is 0. The van der Waals surface area contributed by atoms with Crippen molar-refractivity contribution in [3.63, 3.8) is 0 Å². The third-order valence-corrected chi connectivity index (χ3v) is 3.52. The van der Waals surface area contributed by atoms with Gasteiger partial charge in [0.05, 0.1) is 5.02 Å². The molecule has 1 aromatic rings. The Morgan fingerprint density at radius 3 is 2.79 bits per heavy atom. The van der Waals surface area contributed by atoms with E-state index in [9.17, 15) is 0 Å². The minimum absolute atomic E-state index is 0.0382. The molecule has 0 aliphatic carbocycles. The molecule has 0 aliphatic heterocycles. The average molecular weight is 228 g/mol. The summed E-state index contributed by atoms with van der Waals surface area (Å²) in [5, 5.41) is 0.784. The van der Waals surface area contributed by atoms with Gasteiger partial charge in [-0.05, 0) is 19.1 Å². The summed E-state index contributed by atoms with van der Waals surface area (Å²) in [5.74, 6) is 0.819. The van der Waals surface area contributed by atoms with Gasteiger partial charge in [0.1, 0.15) is 0 Å². The number of halogens is 1. The van der Waals surface area contributed by atoms with Crippen molar-refractivity contribution in [3.8, 4) is 0 Å². The standard InChI is InChI=1S/C11H14ClNS/c1-8(2)10(13)7-14-11-6-4-3-5-9(11)12/h3-6,10H,1,7,13H2,2H3. The number of hydrogen-bond acceptors (Lipinski definition) is 2. The predicted octanol–water partition coefficient (Wildman–Crippen LogP) is 3.34. The van der Waals surface area contributed by atoms with E-state index in [2.05, 4.69) is 6.58 Å². The predicted molar refractivity (Wildman–Crippen MR) is 65.0 cm³/mol. The van der Waals surface area contributed by atoms with Crippen molar-refractivity contribution in [2.45, 2.75) is 17.9 Å². The minimum Gasteiger partial charge on any atom is -0.324 e. The second kappa shape index (κ2) is 5.44. The van der Waals surface area contributed by atoms with Gasteiger partial charge in [0.25, 0.3) is 0 Å². The first kappa shape index (κ1) is 11.6. The molecule has 14 heavy (non-hydrogen) atoms. The Morgan fingerprint density at radius 2 is 2.21 bits per heavy atom. The van der Waals surface area contributed by atoms with E-state index in [1.54, 1.807) is 11.8 Å². The molecule has 0 amide bonds. The van der Waals surface area contributed by atoms with Gasteiger partial charge >= 0.3 is 0 Å². The Labute approximate surface area is 94.3 Å². The van der Waals surface area contributed by atoms with Crippen molar-refractivity contribution >= 4 is 23.4 Å². The van der Waals surface area contributed by atoms with Gasteiger partial charge < -0.3 is 5.73 Å². The van der Waals surface area contributed by atoms with Crippen LogP contribution in [0.5, 0.6) is 0 Å². The number of hydrogen-bond donors (Lipinski definition) is 1. The number of benzene rings is 1. The minimum atomic E-state index is 0.0382. The molecule has 0 bridgehead atoms. The van der Waals surface area contributed by atoms with Crippen molar-refractivity contribution in [1.29, 1.82) is 0 Å². The van der Waals surface area contributed by atoms with Crippen molar-refractivity contribution in [1.82, 2.24) is 0 Å². The summed E-state index contributed by atoms with van der Waals surface area (Å²) in [7, 11) is 0. The first-order valence-corrected chi connectivity index (χ1v) is 5.76. The normalized spacial score (nSPS) is 12.5. The molecule has 2 N–H and O–H groups in total. The molecule has 1 unspecified atom stereocenters. The molecule has 0 saturated carbocycles. The van der Waals surface area contributed by atoms with Gasteiger partial charge in [-0.25, -0.2) is 0 Å². The fourth-order valence-corrected chi connectivity index (χ4v) is 2.21. The quantitative estimate of drug-likeness (QED) is 0.631. The zero-order chi connectivity index (χ0) is 10.6. The van der Waals surface area contributed by atoms with Crippen LogP contribution in [-0.4, -0.2) is 11.8 Å². The second-order valence-electron chi connectivity index (χ2n) is 3.19. The highest BCUT2D eigenvalue weighted by molar-refractivity contribution is 7.99. The number of nitrogens with two attached hydrogens (primary N) is 1. The van der Waals surface area contributed by atoms with Gasteiger partial charge in [-0.15, -0.1) is 11.8 Å². The lowest BCUT2D eigenvalue weighted by atomic mass is 10.2. The Kier molecular flexibility index (Phi) is 4.52. The van der Waals surface area contributed by atoms with Crippen LogP contribution in [0.25, 0.3) is 0 Å². The second-order valence-corrected chi connectivity index (χ2v) is 4.66. The molecule has 3 heteroatoms. The van der Waals surface area contributed by atoms with Crippen LogP contribution < -0.4 is 5.73 Å². The highest BCUT2D eigenvalue weighted by atomic mass is 35.5. The molecular formula is C11H14ClNS. The van der Waals surface area contributed by atoms with E-state index in [0.29, 0.717) is 0 Å². The molecule has 76 valence electrons. The number of rotatable bonds is 4. The molecule has 0 saturated heterocycles. The Balaban J connectivity index is 2.54. The Bertz CT molecular complexity index is 325. The topological polar surface area (TPSA) is 26.0 Å². The fraction of sp³-hybridized carbons (Fsp3) is 0.273. The van der Waals surface area contributed by atoms with E-state index in [1.165, 1.54) is 0 Å². The molecule has 1 aromatic carbocycles. The smallest absolute Gasteiger partial charge is 0.0541 e. The molecule has 1 nitrogen and oxygen atoms in total. The van der Waals surface area contributed by atoms with Gasteiger partial charge in [0, 0.05) is 16.7 Å². The van der Waals surface area contributed by atoms with Gasteiger partial charge in [-0.1, -0.05) is 35.9 Å². The monoisotopic (exact) mass is 227 g/mol. The zero-order valence-electron chi connectivity index (χ0n) is 8.16. The van der Waals surface area contributed by atoms with Crippen LogP contribution in [0.3, 0.4) is 0 Å². The third-order valence-electron chi connectivity index (χ3n) is 1.89. The van der Waals surface area contributed by atoms with E-state index in [-0.39, 0.29) is 6.04 Å². The third kappa shape index (κ3) is 3.37. The van der Waals surface area contributed by atoms with E-state index >= 15 is 0 Å². The summed E-state index contributed by atoms with van der Waals surface area (Å²) < 4.78 is 0. The summed E-state index contributed by atoms with van der Waals surface area (Å²) in [6.45, 7) is 5.76. The van der Waals surface area contributed by atoms with Crippen molar-refractivity contribution in [2.75, 3.05) is 5.75 Å². The van der Waals surface area contributed by atoms with Crippen LogP contribution in [-0.2, 0) is 0 Å². The molecule has 1 rings (SSSR count). The molecule has 0 spiro atoms. The van der Waals surface area contributed by atoms with E-state index in [1.807, 2.05) is 31.2 Å². The number of thioether (sulfide) groups is 1. The summed E-state index contributed by atoms with van der Waals surface area (Å²) in [4.78, 5) is 1.07. The van der Waals surface area contributed by atoms with Gasteiger partial charge in [0.2, 0.25) is 0 Å². The van der Waals surface area contributed by atoms with Crippen LogP contribution in [0.1, 0.15) is 6.92 Å². The van der Waals surface area contributed by atoms with Gasteiger partial charge in [-0.3, -0.25) is 0 Å². The lowest BCUT2D eigenvalue weighted by Gasteiger charge is -2.10. The van der Waals surface area contributed by atoms with Crippen LogP contribution in [0.15, 0.2) is 41.3 Å². The van der Waals surface area contributed by atoms with Crippen molar-refractivity contribution in [2.24, 2.45) is 5.73 Å². The molecule has 1 atom stereocenters. The zero-order valence-corrected chi connectivity index (χ0v) is 9.74. The molecule has 0 aromatic heterocycles. The van der Waals surface area contributed by atoms with Crippen LogP contribution in [0, 0.1) is 0 Å². The van der Waals surface area contributed by atoms with E-state index in [4.69, 9.17) is 17.3 Å². The maximum atomic E-state index is 6.00. The van der Waals surface area contributed by atoms with Gasteiger partial charge in [0.15, 0.2) is 0 Å². The van der Waals surface area contributed by atoms with Crippen molar-refractivity contribution in [3.05, 3.63) is 41.4 Å². The molecule has 0 heterocycles. The lowest BCUT2D eigenvalue weighted by molar-refractivity contribution is 0.878. The van der Waals surface area contributed by atoms with Crippen LogP contribution >= 0.6 is 23.4 Å². The largest absolute Gasteiger partial charge is 0.324 e. The maximum absolute atomic E-state index is 6.00. The molecular weight excluding hydrogens is 214 g/mol. The highest BCUT2D eigenvalue weighted by Crippen LogP contribution is 2.27. The highest BCUT2D eigenvalue weighted by Gasteiger charge is 2.05. The fourth-order valence-electron chi connectivity index (χ4n) is 0.884. The maximum Gasteiger partial charge on any atom is 0.0541 e. The molecule has 0 fully saturated rings.